The third-order valence-electron chi connectivity index (χ3n) is 1.53. The molecule has 0 atom stereocenters. The summed E-state index contributed by atoms with van der Waals surface area (Å²) < 4.78 is 24.9. The van der Waals surface area contributed by atoms with Gasteiger partial charge in [-0.05, 0) is 22.6 Å². The van der Waals surface area contributed by atoms with Gasteiger partial charge in [0.1, 0.15) is 5.69 Å². The molecule has 6 heteroatoms. The van der Waals surface area contributed by atoms with Crippen molar-refractivity contribution in [2.45, 2.75) is 13.0 Å². The van der Waals surface area contributed by atoms with Gasteiger partial charge in [0.15, 0.2) is 0 Å². The Kier molecular flexibility index (Phi) is 3.37. The second-order valence-electron chi connectivity index (χ2n) is 2.36. The molecular formula is C7H7F2IN2O. The summed E-state index contributed by atoms with van der Waals surface area (Å²) in [5.74, 6) is 0. The van der Waals surface area contributed by atoms with Gasteiger partial charge in [0.05, 0.1) is 12.3 Å². The molecule has 72 valence electrons. The van der Waals surface area contributed by atoms with Gasteiger partial charge in [-0.2, -0.15) is 0 Å². The average Bonchev–Trinajstić information content (AvgIpc) is 2.09. The molecule has 0 amide bonds. The van der Waals surface area contributed by atoms with Gasteiger partial charge in [0.25, 0.3) is 6.43 Å². The van der Waals surface area contributed by atoms with Crippen LogP contribution in [0.5, 0.6) is 0 Å². The largest absolute Gasteiger partial charge is 0.396 e. The molecule has 1 aromatic heterocycles. The average molecular weight is 300 g/mol. The number of anilines is 1. The fraction of sp³-hybridized carbons (Fsp3) is 0.286. The minimum absolute atomic E-state index is 0.0536. The van der Waals surface area contributed by atoms with E-state index in [-0.39, 0.29) is 12.3 Å². The highest BCUT2D eigenvalue weighted by atomic mass is 127. The number of aromatic nitrogens is 1. The summed E-state index contributed by atoms with van der Waals surface area (Å²) in [6.45, 7) is -0.251. The summed E-state index contributed by atoms with van der Waals surface area (Å²) in [5.41, 5.74) is 5.38. The number of alkyl halides is 2. The van der Waals surface area contributed by atoms with Crippen LogP contribution < -0.4 is 5.73 Å². The normalized spacial score (nSPS) is 10.8. The zero-order valence-corrected chi connectivity index (χ0v) is 8.62. The molecule has 3 nitrogen and oxygen atoms in total. The Bertz CT molecular complexity index is 320. The van der Waals surface area contributed by atoms with E-state index >= 15 is 0 Å². The summed E-state index contributed by atoms with van der Waals surface area (Å²) in [6.07, 6.45) is -1.47. The number of hydrogen-bond donors (Lipinski definition) is 2. The first-order valence-electron chi connectivity index (χ1n) is 3.39. The maximum absolute atomic E-state index is 12.2. The zero-order chi connectivity index (χ0) is 10.0. The Labute approximate surface area is 87.1 Å². The Hall–Kier alpha value is -0.500. The molecule has 0 aliphatic carbocycles. The molecular weight excluding hydrogens is 293 g/mol. The van der Waals surface area contributed by atoms with Crippen LogP contribution >= 0.6 is 22.6 Å². The van der Waals surface area contributed by atoms with Crippen LogP contribution in [0.1, 0.15) is 17.7 Å². The summed E-state index contributed by atoms with van der Waals surface area (Å²) in [7, 11) is 0. The lowest BCUT2D eigenvalue weighted by Crippen LogP contribution is -2.04. The van der Waals surface area contributed by atoms with E-state index in [0.29, 0.717) is 9.13 Å². The molecule has 0 bridgehead atoms. The fourth-order valence-electron chi connectivity index (χ4n) is 0.843. The van der Waals surface area contributed by atoms with E-state index in [2.05, 4.69) is 4.98 Å². The molecule has 13 heavy (non-hydrogen) atoms. The molecule has 1 heterocycles. The van der Waals surface area contributed by atoms with E-state index in [1.807, 2.05) is 0 Å². The van der Waals surface area contributed by atoms with Gasteiger partial charge in [-0.3, -0.25) is 4.98 Å². The topological polar surface area (TPSA) is 59.1 Å². The zero-order valence-electron chi connectivity index (χ0n) is 6.47. The number of aliphatic hydroxyl groups is 1. The van der Waals surface area contributed by atoms with Crippen molar-refractivity contribution in [2.75, 3.05) is 5.73 Å². The van der Waals surface area contributed by atoms with Crippen molar-refractivity contribution in [3.8, 4) is 0 Å². The van der Waals surface area contributed by atoms with Gasteiger partial charge in [-0.1, -0.05) is 0 Å². The molecule has 0 unspecified atom stereocenters. The van der Waals surface area contributed by atoms with Crippen molar-refractivity contribution >= 4 is 28.3 Å². The lowest BCUT2D eigenvalue weighted by atomic mass is 10.2. The van der Waals surface area contributed by atoms with Crippen LogP contribution in [-0.4, -0.2) is 10.1 Å². The van der Waals surface area contributed by atoms with E-state index in [0.717, 1.165) is 0 Å². The maximum Gasteiger partial charge on any atom is 0.282 e. The molecule has 0 aromatic carbocycles. The van der Waals surface area contributed by atoms with Crippen molar-refractivity contribution in [1.82, 2.24) is 4.98 Å². The highest BCUT2D eigenvalue weighted by molar-refractivity contribution is 14.1. The van der Waals surface area contributed by atoms with Gasteiger partial charge in [0.2, 0.25) is 0 Å². The summed E-state index contributed by atoms with van der Waals surface area (Å²) in [4.78, 5) is 3.47. The van der Waals surface area contributed by atoms with Gasteiger partial charge in [0, 0.05) is 15.3 Å². The molecule has 0 aliphatic rings. The molecule has 1 aromatic rings. The van der Waals surface area contributed by atoms with Gasteiger partial charge in [-0.15, -0.1) is 0 Å². The molecule has 1 rings (SSSR count). The Morgan fingerprint density at radius 1 is 1.62 bits per heavy atom. The van der Waals surface area contributed by atoms with Crippen LogP contribution in [-0.2, 0) is 6.61 Å². The standard InChI is InChI=1S/C7H7F2IN2O/c8-7(9)6-5(11)4(10)3(2-13)1-12-6/h1,7,13H,2,11H2. The Balaban J connectivity index is 3.23. The molecule has 0 radical (unpaired) electrons. The first-order chi connectivity index (χ1) is 6.07. The summed E-state index contributed by atoms with van der Waals surface area (Å²) in [6, 6.07) is 0. The highest BCUT2D eigenvalue weighted by Gasteiger charge is 2.16. The minimum atomic E-state index is -2.68. The number of nitrogens with two attached hydrogens (primary N) is 1. The summed E-state index contributed by atoms with van der Waals surface area (Å²) >= 11 is 1.81. The molecule has 0 aliphatic heterocycles. The monoisotopic (exact) mass is 300 g/mol. The van der Waals surface area contributed by atoms with Crippen LogP contribution in [0.4, 0.5) is 14.5 Å². The minimum Gasteiger partial charge on any atom is -0.396 e. The number of hydrogen-bond acceptors (Lipinski definition) is 3. The first-order valence-corrected chi connectivity index (χ1v) is 4.47. The van der Waals surface area contributed by atoms with Crippen LogP contribution in [0.3, 0.4) is 0 Å². The smallest absolute Gasteiger partial charge is 0.282 e. The van der Waals surface area contributed by atoms with Gasteiger partial charge < -0.3 is 10.8 Å². The molecule has 0 saturated heterocycles. The number of aliphatic hydroxyl groups excluding tert-OH is 1. The fourth-order valence-corrected chi connectivity index (χ4v) is 1.43. The third-order valence-corrected chi connectivity index (χ3v) is 2.80. The predicted octanol–water partition coefficient (Wildman–Crippen LogP) is 1.70. The lowest BCUT2D eigenvalue weighted by Gasteiger charge is -2.08. The number of rotatable bonds is 2. The van der Waals surface area contributed by atoms with Gasteiger partial charge in [-0.25, -0.2) is 8.78 Å². The van der Waals surface area contributed by atoms with Crippen molar-refractivity contribution < 1.29 is 13.9 Å². The third kappa shape index (κ3) is 2.05. The number of nitrogen functional groups attached to an aromatic ring is 1. The van der Waals surface area contributed by atoms with Gasteiger partial charge >= 0.3 is 0 Å². The molecule has 0 fully saturated rings. The lowest BCUT2D eigenvalue weighted by molar-refractivity contribution is 0.147. The van der Waals surface area contributed by atoms with E-state index in [1.165, 1.54) is 6.20 Å². The van der Waals surface area contributed by atoms with Crippen LogP contribution in [0, 0.1) is 3.57 Å². The van der Waals surface area contributed by atoms with E-state index in [4.69, 9.17) is 10.8 Å². The number of halogens is 3. The Morgan fingerprint density at radius 3 is 2.69 bits per heavy atom. The maximum atomic E-state index is 12.2. The number of nitrogens with zero attached hydrogens (tertiary/aromatic N) is 1. The highest BCUT2D eigenvalue weighted by Crippen LogP contribution is 2.28. The van der Waals surface area contributed by atoms with Crippen molar-refractivity contribution in [1.29, 1.82) is 0 Å². The second-order valence-corrected chi connectivity index (χ2v) is 3.43. The molecule has 0 spiro atoms. The van der Waals surface area contributed by atoms with E-state index < -0.39 is 12.1 Å². The second kappa shape index (κ2) is 4.14. The van der Waals surface area contributed by atoms with Crippen molar-refractivity contribution in [3.63, 3.8) is 0 Å². The molecule has 0 saturated carbocycles. The Morgan fingerprint density at radius 2 is 2.23 bits per heavy atom. The van der Waals surface area contributed by atoms with Crippen LogP contribution in [0.2, 0.25) is 0 Å². The quantitative estimate of drug-likeness (QED) is 0.817. The van der Waals surface area contributed by atoms with Crippen LogP contribution in [0.15, 0.2) is 6.20 Å². The first kappa shape index (κ1) is 10.6. The molecule has 3 N–H and O–H groups in total. The van der Waals surface area contributed by atoms with E-state index in [9.17, 15) is 8.78 Å². The summed E-state index contributed by atoms with van der Waals surface area (Å²) in [5, 5.41) is 8.78. The van der Waals surface area contributed by atoms with E-state index in [1.54, 1.807) is 22.6 Å². The van der Waals surface area contributed by atoms with Crippen LogP contribution in [0.25, 0.3) is 0 Å². The number of pyridine rings is 1. The van der Waals surface area contributed by atoms with Crippen molar-refractivity contribution in [2.24, 2.45) is 0 Å². The SMILES string of the molecule is Nc1c(C(F)F)ncc(CO)c1I. The predicted molar refractivity (Wildman–Crippen MR) is 52.2 cm³/mol. The van der Waals surface area contributed by atoms with Crippen molar-refractivity contribution in [3.05, 3.63) is 21.0 Å².